The van der Waals surface area contributed by atoms with Crippen molar-refractivity contribution in [2.24, 2.45) is 5.92 Å². The molecule has 1 atom stereocenters. The first-order valence-corrected chi connectivity index (χ1v) is 10.0. The van der Waals surface area contributed by atoms with E-state index in [4.69, 9.17) is 5.11 Å². The maximum absolute atomic E-state index is 12.6. The molecule has 1 amide bonds. The third kappa shape index (κ3) is 4.99. The highest BCUT2D eigenvalue weighted by Gasteiger charge is 2.22. The first-order chi connectivity index (χ1) is 13.4. The number of hydrogen-bond donors (Lipinski definition) is 3. The molecule has 1 aliphatic carbocycles. The number of fused-ring (bicyclic) bond motifs is 1. The van der Waals surface area contributed by atoms with Crippen molar-refractivity contribution in [2.75, 3.05) is 0 Å². The Kier molecular flexibility index (Phi) is 6.49. The van der Waals surface area contributed by atoms with E-state index in [2.05, 4.69) is 15.4 Å². The van der Waals surface area contributed by atoms with Gasteiger partial charge < -0.3 is 10.4 Å². The van der Waals surface area contributed by atoms with Crippen molar-refractivity contribution in [1.82, 2.24) is 19.9 Å². The maximum Gasteiger partial charge on any atom is 0.303 e. The summed E-state index contributed by atoms with van der Waals surface area (Å²) in [5, 5.41) is 14.8. The molecule has 0 aliphatic heterocycles. The van der Waals surface area contributed by atoms with Gasteiger partial charge in [-0.2, -0.15) is 0 Å². The number of aliphatic carboxylic acids is 1. The zero-order chi connectivity index (χ0) is 20.1. The number of carboxylic acid groups (broad SMARTS) is 1. The van der Waals surface area contributed by atoms with Crippen molar-refractivity contribution in [2.45, 2.75) is 70.8 Å². The van der Waals surface area contributed by atoms with Crippen LogP contribution in [0, 0.1) is 12.8 Å². The summed E-state index contributed by atoms with van der Waals surface area (Å²) in [4.78, 5) is 40.6. The van der Waals surface area contributed by atoms with Crippen LogP contribution in [0.1, 0.15) is 62.6 Å². The predicted octanol–water partition coefficient (Wildman–Crippen LogP) is 2.19. The summed E-state index contributed by atoms with van der Waals surface area (Å²) in [6, 6.07) is 1.52. The second-order valence-corrected chi connectivity index (χ2v) is 7.75. The lowest BCUT2D eigenvalue weighted by Crippen LogP contribution is -2.39. The van der Waals surface area contributed by atoms with Gasteiger partial charge in [-0.25, -0.2) is 9.50 Å². The van der Waals surface area contributed by atoms with E-state index in [1.165, 1.54) is 23.8 Å². The van der Waals surface area contributed by atoms with Gasteiger partial charge in [0.15, 0.2) is 5.65 Å². The number of nitrogens with zero attached hydrogens (tertiary/aromatic N) is 2. The van der Waals surface area contributed by atoms with E-state index in [-0.39, 0.29) is 30.3 Å². The van der Waals surface area contributed by atoms with Gasteiger partial charge in [0.25, 0.3) is 5.56 Å². The van der Waals surface area contributed by atoms with Gasteiger partial charge in [0.05, 0.1) is 6.42 Å². The number of amides is 1. The molecule has 3 N–H and O–H groups in total. The second kappa shape index (κ2) is 9.03. The molecule has 0 bridgehead atoms. The molecule has 2 aromatic heterocycles. The summed E-state index contributed by atoms with van der Waals surface area (Å²) >= 11 is 0. The fourth-order valence-corrected chi connectivity index (χ4v) is 4.12. The molecule has 1 aliphatic rings. The number of hydrogen-bond acceptors (Lipinski definition) is 4. The number of aryl methyl sites for hydroxylation is 1. The van der Waals surface area contributed by atoms with Crippen molar-refractivity contribution in [1.29, 1.82) is 0 Å². The number of aromatic nitrogens is 3. The molecule has 0 radical (unpaired) electrons. The van der Waals surface area contributed by atoms with Gasteiger partial charge in [0.1, 0.15) is 0 Å². The predicted molar refractivity (Wildman–Crippen MR) is 104 cm³/mol. The first-order valence-electron chi connectivity index (χ1n) is 10.0. The number of carbonyl (C=O) groups excluding carboxylic acids is 1. The zero-order valence-electron chi connectivity index (χ0n) is 16.2. The minimum atomic E-state index is -0.863. The Labute approximate surface area is 163 Å². The minimum Gasteiger partial charge on any atom is -0.481 e. The Balaban J connectivity index is 1.68. The van der Waals surface area contributed by atoms with Crippen molar-refractivity contribution in [3.05, 3.63) is 33.9 Å². The van der Waals surface area contributed by atoms with E-state index in [1.807, 2.05) is 0 Å². The molecule has 1 saturated carbocycles. The lowest BCUT2D eigenvalue weighted by atomic mass is 9.84. The largest absolute Gasteiger partial charge is 0.481 e. The molecular weight excluding hydrogens is 360 g/mol. The highest BCUT2D eigenvalue weighted by atomic mass is 16.4. The second-order valence-electron chi connectivity index (χ2n) is 7.75. The molecule has 0 aromatic carbocycles. The average Bonchev–Trinajstić information content (AvgIpc) is 3.12. The summed E-state index contributed by atoms with van der Waals surface area (Å²) in [6.07, 6.45) is 8.70. The number of H-pyrrole nitrogens is 1. The Morgan fingerprint density at radius 3 is 2.82 bits per heavy atom. The summed E-state index contributed by atoms with van der Waals surface area (Å²) in [5.74, 6) is -0.602. The molecule has 0 spiro atoms. The fraction of sp³-hybridized carbons (Fsp3) is 0.600. The summed E-state index contributed by atoms with van der Waals surface area (Å²) in [6.45, 7) is 1.72. The quantitative estimate of drug-likeness (QED) is 0.641. The van der Waals surface area contributed by atoms with Crippen LogP contribution in [0.4, 0.5) is 0 Å². The smallest absolute Gasteiger partial charge is 0.303 e. The Morgan fingerprint density at radius 2 is 2.11 bits per heavy atom. The van der Waals surface area contributed by atoms with E-state index in [1.54, 1.807) is 19.2 Å². The molecule has 28 heavy (non-hydrogen) atoms. The standard InChI is InChI=1S/C20H28N4O4/c1-13-16(20(28)24-17(22-13)9-10-21-24)12-18(25)23-15(7-8-19(26)27)11-14-5-3-2-4-6-14/h9-10,14-15,21H,2-8,11-12H2,1H3,(H,23,25)(H,26,27). The lowest BCUT2D eigenvalue weighted by Gasteiger charge is -2.27. The van der Waals surface area contributed by atoms with Gasteiger partial charge >= 0.3 is 5.97 Å². The van der Waals surface area contributed by atoms with Gasteiger partial charge in [-0.1, -0.05) is 32.1 Å². The molecule has 1 unspecified atom stereocenters. The number of carboxylic acids is 1. The van der Waals surface area contributed by atoms with Crippen LogP contribution in [0.5, 0.6) is 0 Å². The molecule has 8 heteroatoms. The van der Waals surface area contributed by atoms with Gasteiger partial charge in [-0.15, -0.1) is 0 Å². The van der Waals surface area contributed by atoms with Crippen LogP contribution in [0.2, 0.25) is 0 Å². The van der Waals surface area contributed by atoms with Gasteiger partial charge in [0.2, 0.25) is 5.91 Å². The molecule has 2 aromatic rings. The molecule has 2 heterocycles. The van der Waals surface area contributed by atoms with Crippen molar-refractivity contribution in [3.8, 4) is 0 Å². The van der Waals surface area contributed by atoms with Crippen LogP contribution in [0.3, 0.4) is 0 Å². The zero-order valence-corrected chi connectivity index (χ0v) is 16.2. The Hall–Kier alpha value is -2.64. The fourth-order valence-electron chi connectivity index (χ4n) is 4.12. The minimum absolute atomic E-state index is 0.0232. The SMILES string of the molecule is Cc1nc2cc[nH]n2c(=O)c1CC(=O)NC(CCC(=O)O)CC1CCCCC1. The van der Waals surface area contributed by atoms with E-state index in [0.717, 1.165) is 19.3 Å². The maximum atomic E-state index is 12.6. The van der Waals surface area contributed by atoms with Crippen LogP contribution >= 0.6 is 0 Å². The van der Waals surface area contributed by atoms with E-state index in [9.17, 15) is 14.4 Å². The lowest BCUT2D eigenvalue weighted by molar-refractivity contribution is -0.137. The monoisotopic (exact) mass is 388 g/mol. The molecule has 3 rings (SSSR count). The summed E-state index contributed by atoms with van der Waals surface area (Å²) < 4.78 is 1.32. The first kappa shape index (κ1) is 20.1. The van der Waals surface area contributed by atoms with Crippen LogP contribution < -0.4 is 10.9 Å². The van der Waals surface area contributed by atoms with Crippen LogP contribution in [0.25, 0.3) is 5.65 Å². The third-order valence-electron chi connectivity index (χ3n) is 5.60. The number of rotatable bonds is 8. The van der Waals surface area contributed by atoms with Gasteiger partial charge in [-0.05, 0) is 25.7 Å². The summed E-state index contributed by atoms with van der Waals surface area (Å²) in [5.41, 5.74) is 1.13. The van der Waals surface area contributed by atoms with Crippen LogP contribution in [-0.2, 0) is 16.0 Å². The molecule has 152 valence electrons. The molecule has 0 saturated heterocycles. The Morgan fingerprint density at radius 1 is 1.36 bits per heavy atom. The molecular formula is C20H28N4O4. The number of carbonyl (C=O) groups is 2. The number of nitrogens with one attached hydrogen (secondary N) is 2. The van der Waals surface area contributed by atoms with Gasteiger partial charge in [-0.3, -0.25) is 19.5 Å². The topological polar surface area (TPSA) is 117 Å². The average molecular weight is 388 g/mol. The van der Waals surface area contributed by atoms with E-state index in [0.29, 0.717) is 29.2 Å². The van der Waals surface area contributed by atoms with Crippen molar-refractivity contribution >= 4 is 17.5 Å². The normalized spacial score (nSPS) is 16.2. The highest BCUT2D eigenvalue weighted by Crippen LogP contribution is 2.28. The van der Waals surface area contributed by atoms with Crippen molar-refractivity contribution in [3.63, 3.8) is 0 Å². The van der Waals surface area contributed by atoms with Gasteiger partial charge in [0, 0.05) is 36.0 Å². The van der Waals surface area contributed by atoms with E-state index < -0.39 is 5.97 Å². The highest BCUT2D eigenvalue weighted by molar-refractivity contribution is 5.79. The third-order valence-corrected chi connectivity index (χ3v) is 5.60. The molecule has 1 fully saturated rings. The molecule has 8 nitrogen and oxygen atoms in total. The van der Waals surface area contributed by atoms with E-state index >= 15 is 0 Å². The Bertz CT molecular complexity index is 895. The summed E-state index contributed by atoms with van der Waals surface area (Å²) in [7, 11) is 0. The van der Waals surface area contributed by atoms with Crippen LogP contribution in [-0.4, -0.2) is 37.6 Å². The van der Waals surface area contributed by atoms with Crippen LogP contribution in [0.15, 0.2) is 17.1 Å². The number of aromatic amines is 1. The van der Waals surface area contributed by atoms with Crippen molar-refractivity contribution < 1.29 is 14.7 Å².